The van der Waals surface area contributed by atoms with Gasteiger partial charge in [0.15, 0.2) is 11.7 Å². The van der Waals surface area contributed by atoms with Gasteiger partial charge in [-0.25, -0.2) is 4.79 Å². The van der Waals surface area contributed by atoms with Gasteiger partial charge >= 0.3 is 11.9 Å². The smallest absolute Gasteiger partial charge is 0.345 e. The maximum absolute atomic E-state index is 11.7. The van der Waals surface area contributed by atoms with E-state index in [-0.39, 0.29) is 11.1 Å². The second kappa shape index (κ2) is 5.57. The maximum Gasteiger partial charge on any atom is 0.345 e. The molecule has 0 rings (SSSR count). The number of rotatable bonds is 7. The number of allylic oxidation sites excluding steroid dienone is 1. The van der Waals surface area contributed by atoms with E-state index in [0.29, 0.717) is 0 Å². The maximum atomic E-state index is 11.7. The van der Waals surface area contributed by atoms with E-state index in [1.165, 1.54) is 0 Å². The van der Waals surface area contributed by atoms with E-state index < -0.39 is 35.0 Å². The second-order valence-electron chi connectivity index (χ2n) is 4.10. The summed E-state index contributed by atoms with van der Waals surface area (Å²) in [7, 11) is 0. The molecule has 0 aliphatic heterocycles. The fourth-order valence-electron chi connectivity index (χ4n) is 1.40. The van der Waals surface area contributed by atoms with Crippen LogP contribution in [0.5, 0.6) is 0 Å². The van der Waals surface area contributed by atoms with Crippen LogP contribution in [0, 0.1) is 5.92 Å². The van der Waals surface area contributed by atoms with E-state index in [1.54, 1.807) is 0 Å². The van der Waals surface area contributed by atoms with Gasteiger partial charge in [-0.2, -0.15) is 0 Å². The summed E-state index contributed by atoms with van der Waals surface area (Å²) in [5, 5.41) is 27.8. The normalized spacial score (nSPS) is 14.9. The number of aliphatic hydroxyl groups is 1. The van der Waals surface area contributed by atoms with Crippen molar-refractivity contribution in [1.82, 2.24) is 0 Å². The van der Waals surface area contributed by atoms with Crippen molar-refractivity contribution in [2.45, 2.75) is 19.4 Å². The summed E-state index contributed by atoms with van der Waals surface area (Å²) in [6.45, 7) is 8.58. The van der Waals surface area contributed by atoms with Crippen molar-refractivity contribution in [1.29, 1.82) is 0 Å². The van der Waals surface area contributed by atoms with Gasteiger partial charge in [0.25, 0.3) is 0 Å². The number of carboxylic acid groups (broad SMARTS) is 2. The van der Waals surface area contributed by atoms with E-state index in [1.807, 2.05) is 0 Å². The lowest BCUT2D eigenvalue weighted by Gasteiger charge is -2.27. The molecule has 7 nitrogen and oxygen atoms in total. The van der Waals surface area contributed by atoms with Gasteiger partial charge in [0.05, 0.1) is 0 Å². The van der Waals surface area contributed by atoms with Crippen LogP contribution in [0.2, 0.25) is 0 Å². The molecule has 0 bridgehead atoms. The zero-order valence-corrected chi connectivity index (χ0v) is 10.5. The Labute approximate surface area is 108 Å². The number of hydrogen-bond donors (Lipinski definition) is 3. The van der Waals surface area contributed by atoms with Crippen molar-refractivity contribution in [2.75, 3.05) is 0 Å². The molecule has 104 valence electrons. The molecule has 2 unspecified atom stereocenters. The zero-order chi connectivity index (χ0) is 15.5. The highest BCUT2D eigenvalue weighted by atomic mass is 16.4. The van der Waals surface area contributed by atoms with Gasteiger partial charge < -0.3 is 15.3 Å². The van der Waals surface area contributed by atoms with Crippen LogP contribution in [-0.4, -0.2) is 44.4 Å². The monoisotopic (exact) mass is 270 g/mol. The molecule has 0 fully saturated rings. The summed E-state index contributed by atoms with van der Waals surface area (Å²) in [5.41, 5.74) is -4.08. The minimum atomic E-state index is -3.41. The molecule has 0 spiro atoms. The topological polar surface area (TPSA) is 129 Å². The van der Waals surface area contributed by atoms with Crippen LogP contribution >= 0.6 is 0 Å². The number of hydrogen-bond acceptors (Lipinski definition) is 5. The van der Waals surface area contributed by atoms with Gasteiger partial charge in [-0.1, -0.05) is 13.2 Å². The fraction of sp³-hybridized carbons (Fsp3) is 0.333. The van der Waals surface area contributed by atoms with Crippen molar-refractivity contribution < 1.29 is 34.5 Å². The van der Waals surface area contributed by atoms with Crippen LogP contribution in [0.25, 0.3) is 0 Å². The highest BCUT2D eigenvalue weighted by molar-refractivity contribution is 6.23. The largest absolute Gasteiger partial charge is 0.481 e. The van der Waals surface area contributed by atoms with E-state index >= 15 is 0 Å². The Hall–Kier alpha value is -2.28. The average Bonchev–Trinajstić information content (AvgIpc) is 2.26. The first-order valence-corrected chi connectivity index (χ1v) is 5.06. The molecule has 0 saturated heterocycles. The molecule has 0 aliphatic carbocycles. The van der Waals surface area contributed by atoms with E-state index in [9.17, 15) is 24.3 Å². The average molecular weight is 270 g/mol. The number of carboxylic acids is 2. The summed E-state index contributed by atoms with van der Waals surface area (Å²) >= 11 is 0. The van der Waals surface area contributed by atoms with Crippen LogP contribution in [0.3, 0.4) is 0 Å². The highest BCUT2D eigenvalue weighted by Crippen LogP contribution is 2.26. The van der Waals surface area contributed by atoms with Gasteiger partial charge in [0, 0.05) is 0 Å². The van der Waals surface area contributed by atoms with Crippen LogP contribution in [0.15, 0.2) is 24.3 Å². The highest BCUT2D eigenvalue weighted by Gasteiger charge is 2.57. The molecule has 0 aromatic heterocycles. The van der Waals surface area contributed by atoms with Crippen molar-refractivity contribution in [3.8, 4) is 0 Å². The minimum absolute atomic E-state index is 0.290. The third kappa shape index (κ3) is 2.94. The van der Waals surface area contributed by atoms with Gasteiger partial charge in [-0.15, -0.1) is 0 Å². The second-order valence-corrected chi connectivity index (χ2v) is 4.10. The lowest BCUT2D eigenvalue weighted by Crippen LogP contribution is -2.58. The lowest BCUT2D eigenvalue weighted by atomic mass is 9.77. The standard InChI is InChI=1S/C12H14O7/c1-5(2)8(13)7(10(15)16)12(19,11(17)18)9(14)6(3)4/h7,19H,1,3H2,2,4H3,(H,15,16)(H,17,18). The van der Waals surface area contributed by atoms with Crippen LogP contribution in [0.1, 0.15) is 13.8 Å². The van der Waals surface area contributed by atoms with Crippen LogP contribution in [0.4, 0.5) is 0 Å². The summed E-state index contributed by atoms with van der Waals surface area (Å²) in [5.74, 6) is -9.24. The van der Waals surface area contributed by atoms with E-state index in [2.05, 4.69) is 13.2 Å². The Morgan fingerprint density at radius 3 is 1.63 bits per heavy atom. The number of carbonyl (C=O) groups is 4. The summed E-state index contributed by atoms with van der Waals surface area (Å²) in [4.78, 5) is 45.5. The van der Waals surface area contributed by atoms with Crippen molar-refractivity contribution in [2.24, 2.45) is 5.92 Å². The third-order valence-electron chi connectivity index (χ3n) is 2.41. The lowest BCUT2D eigenvalue weighted by molar-refractivity contribution is -0.179. The van der Waals surface area contributed by atoms with Crippen molar-refractivity contribution >= 4 is 23.5 Å². The quantitative estimate of drug-likeness (QED) is 0.431. The molecule has 0 aromatic rings. The van der Waals surface area contributed by atoms with Gasteiger partial charge in [0.2, 0.25) is 11.4 Å². The van der Waals surface area contributed by atoms with Crippen molar-refractivity contribution in [3.05, 3.63) is 24.3 Å². The van der Waals surface area contributed by atoms with Crippen LogP contribution < -0.4 is 0 Å². The third-order valence-corrected chi connectivity index (χ3v) is 2.41. The molecular weight excluding hydrogens is 256 g/mol. The molecule has 19 heavy (non-hydrogen) atoms. The first-order chi connectivity index (χ1) is 8.47. The predicted octanol–water partition coefficient (Wildman–Crippen LogP) is -0.207. The van der Waals surface area contributed by atoms with Gasteiger partial charge in [-0.3, -0.25) is 14.4 Å². The minimum Gasteiger partial charge on any atom is -0.481 e. The van der Waals surface area contributed by atoms with E-state index in [4.69, 9.17) is 10.2 Å². The Morgan fingerprint density at radius 2 is 1.42 bits per heavy atom. The molecule has 0 heterocycles. The van der Waals surface area contributed by atoms with E-state index in [0.717, 1.165) is 13.8 Å². The summed E-state index contributed by atoms with van der Waals surface area (Å²) in [6.07, 6.45) is 0. The Bertz CT molecular complexity index is 488. The van der Waals surface area contributed by atoms with Gasteiger partial charge in [-0.05, 0) is 25.0 Å². The number of carbonyl (C=O) groups excluding carboxylic acids is 2. The van der Waals surface area contributed by atoms with Gasteiger partial charge in [0.1, 0.15) is 0 Å². The number of Topliss-reactive ketones (excluding diaryl/α,β-unsaturated/α-hetero) is 2. The molecule has 2 atom stereocenters. The first kappa shape index (κ1) is 16.7. The SMILES string of the molecule is C=C(C)C(=O)C(C(=O)O)C(O)(C(=O)O)C(=O)C(=C)C. The molecular formula is C12H14O7. The predicted molar refractivity (Wildman–Crippen MR) is 63.4 cm³/mol. The molecule has 0 radical (unpaired) electrons. The molecule has 0 saturated carbocycles. The molecule has 3 N–H and O–H groups in total. The van der Waals surface area contributed by atoms with Crippen molar-refractivity contribution in [3.63, 3.8) is 0 Å². The zero-order valence-electron chi connectivity index (χ0n) is 10.5. The Balaban J connectivity index is 6.10. The van der Waals surface area contributed by atoms with Crippen LogP contribution in [-0.2, 0) is 19.2 Å². The molecule has 0 aromatic carbocycles. The molecule has 0 aliphatic rings. The molecule has 0 amide bonds. The summed E-state index contributed by atoms with van der Waals surface area (Å²) in [6, 6.07) is 0. The number of aliphatic carboxylic acids is 2. The molecule has 7 heteroatoms. The Morgan fingerprint density at radius 1 is 1.00 bits per heavy atom. The number of ketones is 2. The Kier molecular flexibility index (Phi) is 4.91. The fourth-order valence-corrected chi connectivity index (χ4v) is 1.40. The first-order valence-electron chi connectivity index (χ1n) is 5.06. The summed E-state index contributed by atoms with van der Waals surface area (Å²) < 4.78 is 0.